The number of carbonyl (C=O) groups is 1. The number of urea groups is 1. The summed E-state index contributed by atoms with van der Waals surface area (Å²) in [7, 11) is 0. The lowest BCUT2D eigenvalue weighted by molar-refractivity contribution is 0.166. The molecule has 0 spiro atoms. The first-order valence-electron chi connectivity index (χ1n) is 6.70. The summed E-state index contributed by atoms with van der Waals surface area (Å²) in [5.41, 5.74) is 0.790. The first-order valence-corrected chi connectivity index (χ1v) is 6.70. The lowest BCUT2D eigenvalue weighted by atomic mass is 10.3. The zero-order chi connectivity index (χ0) is 14.3. The molecule has 0 bridgehead atoms. The third kappa shape index (κ3) is 4.21. The van der Waals surface area contributed by atoms with Crippen LogP contribution in [0.2, 0.25) is 0 Å². The highest BCUT2D eigenvalue weighted by molar-refractivity contribution is 5.92. The van der Waals surface area contributed by atoms with E-state index in [0.29, 0.717) is 13.1 Å². The highest BCUT2D eigenvalue weighted by Gasteiger charge is 2.23. The molecule has 5 nitrogen and oxygen atoms in total. The molecule has 0 unspecified atom stereocenters. The molecule has 0 saturated carbocycles. The molecule has 1 aromatic heterocycles. The van der Waals surface area contributed by atoms with Gasteiger partial charge in [0.25, 0.3) is 0 Å². The number of aliphatic hydroxyl groups excluding tert-OH is 1. The van der Waals surface area contributed by atoms with Gasteiger partial charge in [-0.2, -0.15) is 0 Å². The number of carbonyl (C=O) groups excluding carboxylic acids is 1. The number of anilines is 1. The maximum atomic E-state index is 12.6. The van der Waals surface area contributed by atoms with E-state index in [1.165, 1.54) is 0 Å². The van der Waals surface area contributed by atoms with Gasteiger partial charge in [0.15, 0.2) is 0 Å². The Bertz CT molecular complexity index is 382. The largest absolute Gasteiger partial charge is 0.395 e. The van der Waals surface area contributed by atoms with E-state index in [-0.39, 0.29) is 18.7 Å². The average Bonchev–Trinajstić information content (AvgIpc) is 2.42. The molecule has 1 rings (SSSR count). The van der Waals surface area contributed by atoms with E-state index in [1.54, 1.807) is 22.2 Å². The van der Waals surface area contributed by atoms with Gasteiger partial charge in [0.2, 0.25) is 0 Å². The summed E-state index contributed by atoms with van der Waals surface area (Å²) in [5.74, 6) is 0. The van der Waals surface area contributed by atoms with Crippen LogP contribution in [0.1, 0.15) is 27.2 Å². The summed E-state index contributed by atoms with van der Waals surface area (Å²) in [4.78, 5) is 20.0. The number of rotatable bonds is 6. The van der Waals surface area contributed by atoms with E-state index in [2.05, 4.69) is 4.98 Å². The molecule has 0 atom stereocenters. The Labute approximate surface area is 114 Å². The van der Waals surface area contributed by atoms with Gasteiger partial charge < -0.3 is 10.0 Å². The van der Waals surface area contributed by atoms with Crippen molar-refractivity contribution in [2.45, 2.75) is 33.2 Å². The molecule has 0 fully saturated rings. The Balaban J connectivity index is 2.94. The van der Waals surface area contributed by atoms with Crippen molar-refractivity contribution in [3.8, 4) is 0 Å². The Morgan fingerprint density at radius 3 is 2.63 bits per heavy atom. The van der Waals surface area contributed by atoms with E-state index in [9.17, 15) is 4.79 Å². The fourth-order valence-corrected chi connectivity index (χ4v) is 1.91. The Morgan fingerprint density at radius 1 is 1.42 bits per heavy atom. The van der Waals surface area contributed by atoms with Gasteiger partial charge in [0.1, 0.15) is 0 Å². The van der Waals surface area contributed by atoms with Crippen LogP contribution in [0.3, 0.4) is 0 Å². The topological polar surface area (TPSA) is 56.7 Å². The van der Waals surface area contributed by atoms with E-state index in [4.69, 9.17) is 5.11 Å². The Morgan fingerprint density at radius 2 is 2.16 bits per heavy atom. The fraction of sp³-hybridized carbons (Fsp3) is 0.571. The number of nitrogens with zero attached hydrogens (tertiary/aromatic N) is 3. The normalized spacial score (nSPS) is 10.6. The number of aliphatic hydroxyl groups is 1. The van der Waals surface area contributed by atoms with Crippen molar-refractivity contribution in [1.29, 1.82) is 0 Å². The molecule has 1 aromatic rings. The molecule has 106 valence electrons. The summed E-state index contributed by atoms with van der Waals surface area (Å²) in [6.45, 7) is 6.87. The van der Waals surface area contributed by atoms with Crippen molar-refractivity contribution in [3.63, 3.8) is 0 Å². The molecule has 0 radical (unpaired) electrons. The lowest BCUT2D eigenvalue weighted by Crippen LogP contribution is -2.48. The monoisotopic (exact) mass is 265 g/mol. The first-order chi connectivity index (χ1) is 9.11. The SMILES string of the molecule is CCCN(C(=O)N(CCO)C(C)C)c1cccnc1. The van der Waals surface area contributed by atoms with E-state index in [1.807, 2.05) is 32.9 Å². The number of amides is 2. The predicted molar refractivity (Wildman–Crippen MR) is 76.2 cm³/mol. The molecular formula is C14H23N3O2. The average molecular weight is 265 g/mol. The second-order valence-corrected chi connectivity index (χ2v) is 4.66. The predicted octanol–water partition coefficient (Wildman–Crippen LogP) is 2.12. The third-order valence-electron chi connectivity index (χ3n) is 2.85. The summed E-state index contributed by atoms with van der Waals surface area (Å²) < 4.78 is 0. The van der Waals surface area contributed by atoms with Crippen molar-refractivity contribution in [2.24, 2.45) is 0 Å². The number of hydrogen-bond donors (Lipinski definition) is 1. The van der Waals surface area contributed by atoms with Crippen LogP contribution in [0.25, 0.3) is 0 Å². The van der Waals surface area contributed by atoms with Crippen molar-refractivity contribution in [2.75, 3.05) is 24.6 Å². The standard InChI is InChI=1S/C14H23N3O2/c1-4-8-17(13-6-5-7-15-11-13)14(19)16(9-10-18)12(2)3/h5-7,11-12,18H,4,8-10H2,1-3H3. The molecule has 0 aliphatic carbocycles. The molecule has 0 aliphatic rings. The third-order valence-corrected chi connectivity index (χ3v) is 2.85. The van der Waals surface area contributed by atoms with Crippen molar-refractivity contribution < 1.29 is 9.90 Å². The van der Waals surface area contributed by atoms with Crippen LogP contribution in [0, 0.1) is 0 Å². The highest BCUT2D eigenvalue weighted by Crippen LogP contribution is 2.16. The Kier molecular flexibility index (Phi) is 6.29. The van der Waals surface area contributed by atoms with Gasteiger partial charge in [-0.3, -0.25) is 9.88 Å². The van der Waals surface area contributed by atoms with Crippen LogP contribution in [0.15, 0.2) is 24.5 Å². The second-order valence-electron chi connectivity index (χ2n) is 4.66. The van der Waals surface area contributed by atoms with Gasteiger partial charge in [-0.05, 0) is 32.4 Å². The van der Waals surface area contributed by atoms with Crippen LogP contribution in [0.5, 0.6) is 0 Å². The van der Waals surface area contributed by atoms with Gasteiger partial charge in [-0.1, -0.05) is 6.92 Å². The van der Waals surface area contributed by atoms with Crippen molar-refractivity contribution in [3.05, 3.63) is 24.5 Å². The van der Waals surface area contributed by atoms with Gasteiger partial charge in [-0.15, -0.1) is 0 Å². The zero-order valence-corrected chi connectivity index (χ0v) is 11.9. The van der Waals surface area contributed by atoms with Crippen LogP contribution >= 0.6 is 0 Å². The molecule has 0 aliphatic heterocycles. The molecule has 0 saturated heterocycles. The van der Waals surface area contributed by atoms with Gasteiger partial charge >= 0.3 is 6.03 Å². The summed E-state index contributed by atoms with van der Waals surface area (Å²) in [6, 6.07) is 3.66. The molecule has 2 amide bonds. The lowest BCUT2D eigenvalue weighted by Gasteiger charge is -2.32. The van der Waals surface area contributed by atoms with E-state index in [0.717, 1.165) is 12.1 Å². The molecule has 1 N–H and O–H groups in total. The minimum absolute atomic E-state index is 0.0308. The van der Waals surface area contributed by atoms with Crippen molar-refractivity contribution >= 4 is 11.7 Å². The molecule has 0 aromatic carbocycles. The quantitative estimate of drug-likeness (QED) is 0.857. The van der Waals surface area contributed by atoms with Crippen LogP contribution in [-0.4, -0.2) is 46.8 Å². The smallest absolute Gasteiger partial charge is 0.324 e. The number of hydrogen-bond acceptors (Lipinski definition) is 3. The van der Waals surface area contributed by atoms with E-state index >= 15 is 0 Å². The van der Waals surface area contributed by atoms with E-state index < -0.39 is 0 Å². The first kappa shape index (κ1) is 15.4. The minimum Gasteiger partial charge on any atom is -0.395 e. The van der Waals surface area contributed by atoms with Crippen LogP contribution in [-0.2, 0) is 0 Å². The van der Waals surface area contributed by atoms with Gasteiger partial charge in [0, 0.05) is 25.3 Å². The minimum atomic E-state index is -0.0844. The zero-order valence-electron chi connectivity index (χ0n) is 11.9. The number of pyridine rings is 1. The molecule has 1 heterocycles. The molecule has 5 heteroatoms. The molecular weight excluding hydrogens is 242 g/mol. The summed E-state index contributed by atoms with van der Waals surface area (Å²) >= 11 is 0. The van der Waals surface area contributed by atoms with Crippen LogP contribution in [0.4, 0.5) is 10.5 Å². The highest BCUT2D eigenvalue weighted by atomic mass is 16.3. The Hall–Kier alpha value is -1.62. The van der Waals surface area contributed by atoms with Crippen molar-refractivity contribution in [1.82, 2.24) is 9.88 Å². The molecule has 19 heavy (non-hydrogen) atoms. The number of aromatic nitrogens is 1. The van der Waals surface area contributed by atoms with Crippen LogP contribution < -0.4 is 4.90 Å². The summed E-state index contributed by atoms with van der Waals surface area (Å²) in [5, 5.41) is 9.09. The maximum Gasteiger partial charge on any atom is 0.324 e. The fourth-order valence-electron chi connectivity index (χ4n) is 1.91. The van der Waals surface area contributed by atoms with Gasteiger partial charge in [0.05, 0.1) is 18.5 Å². The summed E-state index contributed by atoms with van der Waals surface area (Å²) in [6.07, 6.45) is 4.24. The van der Waals surface area contributed by atoms with Gasteiger partial charge in [-0.25, -0.2) is 4.79 Å². The maximum absolute atomic E-state index is 12.6. The second kappa shape index (κ2) is 7.74.